The van der Waals surface area contributed by atoms with Crippen molar-refractivity contribution < 1.29 is 14.7 Å². The minimum absolute atomic E-state index is 0.347. The number of hydrogen-bond acceptors (Lipinski definition) is 2. The van der Waals surface area contributed by atoms with Crippen molar-refractivity contribution in [2.45, 2.75) is 20.3 Å². The van der Waals surface area contributed by atoms with Gasteiger partial charge in [-0.25, -0.2) is 0 Å². The maximum atomic E-state index is 11.0. The molecule has 0 saturated carbocycles. The van der Waals surface area contributed by atoms with Crippen molar-refractivity contribution >= 4 is 11.9 Å². The van der Waals surface area contributed by atoms with Crippen molar-refractivity contribution in [1.82, 2.24) is 5.32 Å². The van der Waals surface area contributed by atoms with Crippen molar-refractivity contribution in [2.75, 3.05) is 6.54 Å². The second-order valence-electron chi connectivity index (χ2n) is 2.66. The number of carbonyl (C=O) groups is 2. The molecular weight excluding hydrogens is 182 g/mol. The number of carboxylic acid groups (broad SMARTS) is 1. The topological polar surface area (TPSA) is 66.4 Å². The lowest BCUT2D eigenvalue weighted by Crippen LogP contribution is -2.27. The predicted octanol–water partition coefficient (Wildman–Crippen LogP) is 1.10. The van der Waals surface area contributed by atoms with Crippen LogP contribution in [-0.4, -0.2) is 23.5 Å². The molecule has 0 aromatic rings. The van der Waals surface area contributed by atoms with E-state index in [1.165, 1.54) is 6.08 Å². The second-order valence-corrected chi connectivity index (χ2v) is 2.66. The summed E-state index contributed by atoms with van der Waals surface area (Å²) < 4.78 is 0. The zero-order valence-electron chi connectivity index (χ0n) is 8.41. The van der Waals surface area contributed by atoms with Crippen LogP contribution in [0.5, 0.6) is 0 Å². The second kappa shape index (κ2) is 6.88. The number of carboxylic acids is 1. The van der Waals surface area contributed by atoms with Crippen molar-refractivity contribution in [3.05, 3.63) is 23.8 Å². The molecule has 0 aliphatic rings. The molecule has 4 heteroatoms. The van der Waals surface area contributed by atoms with Crippen LogP contribution >= 0.6 is 0 Å². The molecule has 0 aliphatic carbocycles. The van der Waals surface area contributed by atoms with E-state index in [0.717, 1.165) is 12.0 Å². The van der Waals surface area contributed by atoms with E-state index in [9.17, 15) is 9.59 Å². The standard InChI is InChI=1S/C10H15NO3/c1-3-8(4-2)5-6-9(12)11-7-10(13)14/h3,5-6H,4,7H2,1-2H3,(H,11,12)(H,13,14)/b6-5+,8-3+. The van der Waals surface area contributed by atoms with Crippen LogP contribution in [0, 0.1) is 0 Å². The van der Waals surface area contributed by atoms with Gasteiger partial charge in [0.15, 0.2) is 0 Å². The zero-order valence-corrected chi connectivity index (χ0v) is 8.41. The van der Waals surface area contributed by atoms with Crippen molar-refractivity contribution in [3.8, 4) is 0 Å². The molecule has 0 atom stereocenters. The zero-order chi connectivity index (χ0) is 11.0. The highest BCUT2D eigenvalue weighted by Crippen LogP contribution is 2.00. The number of rotatable bonds is 5. The van der Waals surface area contributed by atoms with Crippen LogP contribution in [0.1, 0.15) is 20.3 Å². The highest BCUT2D eigenvalue weighted by atomic mass is 16.4. The molecule has 0 unspecified atom stereocenters. The minimum Gasteiger partial charge on any atom is -0.480 e. The number of amides is 1. The van der Waals surface area contributed by atoms with E-state index >= 15 is 0 Å². The van der Waals surface area contributed by atoms with Crippen LogP contribution in [0.25, 0.3) is 0 Å². The fourth-order valence-corrected chi connectivity index (χ4v) is 0.823. The summed E-state index contributed by atoms with van der Waals surface area (Å²) in [4.78, 5) is 21.1. The lowest BCUT2D eigenvalue weighted by Gasteiger charge is -1.97. The van der Waals surface area contributed by atoms with Crippen molar-refractivity contribution in [1.29, 1.82) is 0 Å². The Hall–Kier alpha value is -1.58. The van der Waals surface area contributed by atoms with E-state index in [0.29, 0.717) is 0 Å². The van der Waals surface area contributed by atoms with Gasteiger partial charge in [0.25, 0.3) is 0 Å². The molecule has 1 amide bonds. The predicted molar refractivity (Wildman–Crippen MR) is 53.8 cm³/mol. The van der Waals surface area contributed by atoms with Crippen molar-refractivity contribution in [2.24, 2.45) is 0 Å². The first-order valence-corrected chi connectivity index (χ1v) is 4.43. The summed E-state index contributed by atoms with van der Waals surface area (Å²) in [7, 11) is 0. The number of allylic oxidation sites excluding steroid dienone is 3. The number of carbonyl (C=O) groups excluding carboxylic acids is 1. The van der Waals surface area contributed by atoms with Gasteiger partial charge >= 0.3 is 5.97 Å². The molecule has 14 heavy (non-hydrogen) atoms. The largest absolute Gasteiger partial charge is 0.480 e. The maximum absolute atomic E-state index is 11.0. The average molecular weight is 197 g/mol. The molecule has 4 nitrogen and oxygen atoms in total. The SMILES string of the molecule is C/C=C(/C=C/C(=O)NCC(=O)O)CC. The van der Waals surface area contributed by atoms with Gasteiger partial charge in [-0.2, -0.15) is 0 Å². The highest BCUT2D eigenvalue weighted by Gasteiger charge is 1.98. The summed E-state index contributed by atoms with van der Waals surface area (Å²) in [6, 6.07) is 0. The first-order chi connectivity index (χ1) is 6.60. The molecule has 0 heterocycles. The Morgan fingerprint density at radius 3 is 2.43 bits per heavy atom. The molecule has 0 aromatic heterocycles. The summed E-state index contributed by atoms with van der Waals surface area (Å²) in [6.07, 6.45) is 5.76. The van der Waals surface area contributed by atoms with Gasteiger partial charge in [-0.3, -0.25) is 9.59 Å². The Labute approximate surface area is 83.3 Å². The summed E-state index contributed by atoms with van der Waals surface area (Å²) in [5.41, 5.74) is 1.04. The quantitative estimate of drug-likeness (QED) is 0.512. The fourth-order valence-electron chi connectivity index (χ4n) is 0.823. The van der Waals surface area contributed by atoms with E-state index in [1.54, 1.807) is 6.08 Å². The maximum Gasteiger partial charge on any atom is 0.322 e. The number of aliphatic carboxylic acids is 1. The van der Waals surface area contributed by atoms with Crippen LogP contribution in [0.2, 0.25) is 0 Å². The molecule has 0 spiro atoms. The molecule has 0 rings (SSSR count). The minimum atomic E-state index is -1.05. The smallest absolute Gasteiger partial charge is 0.322 e. The van der Waals surface area contributed by atoms with Gasteiger partial charge in [-0.05, 0) is 13.3 Å². The van der Waals surface area contributed by atoms with Gasteiger partial charge in [-0.1, -0.05) is 24.6 Å². The summed E-state index contributed by atoms with van der Waals surface area (Å²) in [6.45, 7) is 3.52. The van der Waals surface area contributed by atoms with Crippen LogP contribution in [-0.2, 0) is 9.59 Å². The van der Waals surface area contributed by atoms with E-state index < -0.39 is 5.97 Å². The van der Waals surface area contributed by atoms with Gasteiger partial charge < -0.3 is 10.4 Å². The van der Waals surface area contributed by atoms with Gasteiger partial charge in [-0.15, -0.1) is 0 Å². The first-order valence-electron chi connectivity index (χ1n) is 4.43. The van der Waals surface area contributed by atoms with E-state index in [2.05, 4.69) is 5.32 Å². The Morgan fingerprint density at radius 2 is 2.00 bits per heavy atom. The molecule has 0 bridgehead atoms. The van der Waals surface area contributed by atoms with Crippen LogP contribution in [0.15, 0.2) is 23.8 Å². The van der Waals surface area contributed by atoms with Crippen LogP contribution in [0.4, 0.5) is 0 Å². The van der Waals surface area contributed by atoms with E-state index in [-0.39, 0.29) is 12.5 Å². The average Bonchev–Trinajstić information content (AvgIpc) is 2.16. The third kappa shape index (κ3) is 5.99. The Balaban J connectivity index is 3.99. The molecule has 78 valence electrons. The highest BCUT2D eigenvalue weighted by molar-refractivity contribution is 5.90. The summed E-state index contributed by atoms with van der Waals surface area (Å²) in [5.74, 6) is -1.44. The van der Waals surface area contributed by atoms with E-state index in [1.807, 2.05) is 19.9 Å². The fraction of sp³-hybridized carbons (Fsp3) is 0.400. The van der Waals surface area contributed by atoms with E-state index in [4.69, 9.17) is 5.11 Å². The molecular formula is C10H15NO3. The summed E-state index contributed by atoms with van der Waals surface area (Å²) >= 11 is 0. The van der Waals surface area contributed by atoms with Gasteiger partial charge in [0.05, 0.1) is 0 Å². The molecule has 0 radical (unpaired) electrons. The van der Waals surface area contributed by atoms with Crippen molar-refractivity contribution in [3.63, 3.8) is 0 Å². The molecule has 2 N–H and O–H groups in total. The molecule has 0 fully saturated rings. The lowest BCUT2D eigenvalue weighted by molar-refractivity contribution is -0.137. The van der Waals surface area contributed by atoms with Crippen LogP contribution in [0.3, 0.4) is 0 Å². The summed E-state index contributed by atoms with van der Waals surface area (Å²) in [5, 5.41) is 10.5. The Kier molecular flexibility index (Phi) is 6.11. The third-order valence-corrected chi connectivity index (χ3v) is 1.64. The lowest BCUT2D eigenvalue weighted by atomic mass is 10.2. The normalized spacial score (nSPS) is 11.7. The van der Waals surface area contributed by atoms with Gasteiger partial charge in [0, 0.05) is 6.08 Å². The van der Waals surface area contributed by atoms with Gasteiger partial charge in [0.2, 0.25) is 5.91 Å². The molecule has 0 aromatic carbocycles. The third-order valence-electron chi connectivity index (χ3n) is 1.64. The Bertz CT molecular complexity index is 267. The van der Waals surface area contributed by atoms with Gasteiger partial charge in [0.1, 0.15) is 6.54 Å². The monoisotopic (exact) mass is 197 g/mol. The first kappa shape index (κ1) is 12.4. The molecule has 0 saturated heterocycles. The number of hydrogen-bond donors (Lipinski definition) is 2. The Morgan fingerprint density at radius 1 is 1.36 bits per heavy atom. The number of nitrogens with one attached hydrogen (secondary N) is 1. The molecule has 0 aliphatic heterocycles. The van der Waals surface area contributed by atoms with Crippen LogP contribution < -0.4 is 5.32 Å².